The monoisotopic (exact) mass is 277 g/mol. The van der Waals surface area contributed by atoms with Gasteiger partial charge in [-0.15, -0.1) is 0 Å². The molecule has 0 amide bonds. The van der Waals surface area contributed by atoms with E-state index >= 15 is 0 Å². The van der Waals surface area contributed by atoms with Crippen LogP contribution in [0.15, 0.2) is 12.1 Å². The van der Waals surface area contributed by atoms with Gasteiger partial charge in [-0.2, -0.15) is 13.2 Å². The van der Waals surface area contributed by atoms with Crippen molar-refractivity contribution in [2.24, 2.45) is 0 Å². The Morgan fingerprint density at radius 3 is 2.26 bits per heavy atom. The number of aliphatic hydroxyl groups excluding tert-OH is 1. The lowest BCUT2D eigenvalue weighted by Gasteiger charge is -2.22. The lowest BCUT2D eigenvalue weighted by Crippen LogP contribution is -2.31. The van der Waals surface area contributed by atoms with E-state index < -0.39 is 12.3 Å². The number of hydrogen-bond donors (Lipinski definition) is 1. The highest BCUT2D eigenvalue weighted by Crippen LogP contribution is 2.27. The molecule has 0 bridgehead atoms. The van der Waals surface area contributed by atoms with E-state index in [-0.39, 0.29) is 17.9 Å². The van der Waals surface area contributed by atoms with Crippen molar-refractivity contribution in [1.29, 1.82) is 0 Å². The number of ether oxygens (including phenoxy) is 1. The topological polar surface area (TPSA) is 42.4 Å². The van der Waals surface area contributed by atoms with Crippen molar-refractivity contribution in [2.75, 3.05) is 0 Å². The molecule has 1 heterocycles. The maximum atomic E-state index is 12.4. The summed E-state index contributed by atoms with van der Waals surface area (Å²) in [5.41, 5.74) is 0.706. The number of aromatic nitrogens is 1. The van der Waals surface area contributed by atoms with E-state index in [9.17, 15) is 13.2 Å². The SMILES string of the molecule is CC(Oc1cc(CO)cc(C(C)(C)C)n1)C(F)(F)F. The molecule has 1 aromatic rings. The fourth-order valence-electron chi connectivity index (χ4n) is 1.34. The molecule has 1 N–H and O–H groups in total. The molecular weight excluding hydrogens is 259 g/mol. The minimum atomic E-state index is -4.45. The molecule has 0 radical (unpaired) electrons. The Hall–Kier alpha value is -1.30. The van der Waals surface area contributed by atoms with Gasteiger partial charge in [0.15, 0.2) is 6.10 Å². The summed E-state index contributed by atoms with van der Waals surface area (Å²) in [6, 6.07) is 2.97. The molecule has 0 aromatic carbocycles. The number of aliphatic hydroxyl groups is 1. The first kappa shape index (κ1) is 15.8. The van der Waals surface area contributed by atoms with Crippen LogP contribution in [0.25, 0.3) is 0 Å². The van der Waals surface area contributed by atoms with Crippen molar-refractivity contribution in [3.05, 3.63) is 23.4 Å². The third-order valence-electron chi connectivity index (χ3n) is 2.57. The predicted octanol–water partition coefficient (Wildman–Crippen LogP) is 3.20. The summed E-state index contributed by atoms with van der Waals surface area (Å²) in [5.74, 6) is -0.124. The van der Waals surface area contributed by atoms with Gasteiger partial charge in [0.2, 0.25) is 5.88 Å². The molecule has 0 spiro atoms. The summed E-state index contributed by atoms with van der Waals surface area (Å²) in [4.78, 5) is 4.07. The number of halogens is 3. The second-order valence-corrected chi connectivity index (χ2v) is 5.41. The van der Waals surface area contributed by atoms with Gasteiger partial charge >= 0.3 is 6.18 Å². The molecule has 0 aliphatic carbocycles. The van der Waals surface area contributed by atoms with Gasteiger partial charge in [0, 0.05) is 11.5 Å². The average molecular weight is 277 g/mol. The van der Waals surface area contributed by atoms with Gasteiger partial charge in [0.05, 0.1) is 12.3 Å². The zero-order valence-electron chi connectivity index (χ0n) is 11.4. The zero-order chi connectivity index (χ0) is 14.8. The Morgan fingerprint density at radius 2 is 1.84 bits per heavy atom. The van der Waals surface area contributed by atoms with Crippen LogP contribution in [0, 0.1) is 0 Å². The fraction of sp³-hybridized carbons (Fsp3) is 0.615. The van der Waals surface area contributed by atoms with Gasteiger partial charge in [0.25, 0.3) is 0 Å². The van der Waals surface area contributed by atoms with Gasteiger partial charge in [-0.25, -0.2) is 4.98 Å². The molecule has 1 aromatic heterocycles. The van der Waals surface area contributed by atoms with Crippen LogP contribution in [0.5, 0.6) is 5.88 Å². The summed E-state index contributed by atoms with van der Waals surface area (Å²) in [7, 11) is 0. The first-order chi connectivity index (χ1) is 8.54. The molecular formula is C13H18F3NO2. The second-order valence-electron chi connectivity index (χ2n) is 5.41. The van der Waals surface area contributed by atoms with Crippen LogP contribution in [0.3, 0.4) is 0 Å². The van der Waals surface area contributed by atoms with Crippen LogP contribution in [-0.4, -0.2) is 22.4 Å². The smallest absolute Gasteiger partial charge is 0.425 e. The highest BCUT2D eigenvalue weighted by atomic mass is 19.4. The molecule has 0 fully saturated rings. The molecule has 1 atom stereocenters. The van der Waals surface area contributed by atoms with E-state index in [0.717, 1.165) is 6.92 Å². The Labute approximate surface area is 110 Å². The molecule has 1 unspecified atom stereocenters. The van der Waals surface area contributed by atoms with E-state index in [0.29, 0.717) is 11.3 Å². The van der Waals surface area contributed by atoms with Crippen molar-refractivity contribution < 1.29 is 23.0 Å². The summed E-state index contributed by atoms with van der Waals surface area (Å²) < 4.78 is 42.2. The quantitative estimate of drug-likeness (QED) is 0.922. The van der Waals surface area contributed by atoms with Gasteiger partial charge < -0.3 is 9.84 Å². The summed E-state index contributed by atoms with van der Waals surface area (Å²) in [6.45, 7) is 6.29. The van der Waals surface area contributed by atoms with E-state index in [1.807, 2.05) is 20.8 Å². The van der Waals surface area contributed by atoms with Crippen LogP contribution in [0.4, 0.5) is 13.2 Å². The van der Waals surface area contributed by atoms with Crippen LogP contribution < -0.4 is 4.74 Å². The Morgan fingerprint density at radius 1 is 1.26 bits per heavy atom. The molecule has 0 aliphatic heterocycles. The van der Waals surface area contributed by atoms with Gasteiger partial charge in [-0.1, -0.05) is 20.8 Å². The highest BCUT2D eigenvalue weighted by molar-refractivity contribution is 5.28. The Kier molecular flexibility index (Phi) is 4.45. The molecule has 0 saturated heterocycles. The maximum Gasteiger partial charge on any atom is 0.425 e. The van der Waals surface area contributed by atoms with Crippen molar-refractivity contribution in [3.63, 3.8) is 0 Å². The first-order valence-corrected chi connectivity index (χ1v) is 5.89. The summed E-state index contributed by atoms with van der Waals surface area (Å²) in [5, 5.41) is 9.14. The molecule has 3 nitrogen and oxygen atoms in total. The number of nitrogens with zero attached hydrogens (tertiary/aromatic N) is 1. The number of pyridine rings is 1. The molecule has 0 saturated carbocycles. The lowest BCUT2D eigenvalue weighted by molar-refractivity contribution is -0.190. The Bertz CT molecular complexity index is 438. The predicted molar refractivity (Wildman–Crippen MR) is 65.0 cm³/mol. The molecule has 108 valence electrons. The van der Waals surface area contributed by atoms with E-state index in [1.165, 1.54) is 6.07 Å². The standard InChI is InChI=1S/C13H18F3NO2/c1-8(13(14,15)16)19-11-6-9(7-18)5-10(17-11)12(2,3)4/h5-6,8,18H,7H2,1-4H3. The normalized spacial score (nSPS) is 14.3. The minimum absolute atomic E-state index is 0.124. The first-order valence-electron chi connectivity index (χ1n) is 5.89. The zero-order valence-corrected chi connectivity index (χ0v) is 11.4. The van der Waals surface area contributed by atoms with Gasteiger partial charge in [-0.05, 0) is 18.6 Å². The van der Waals surface area contributed by atoms with Crippen LogP contribution >= 0.6 is 0 Å². The van der Waals surface area contributed by atoms with E-state index in [1.54, 1.807) is 6.07 Å². The van der Waals surface area contributed by atoms with Crippen LogP contribution in [0.2, 0.25) is 0 Å². The van der Waals surface area contributed by atoms with Crippen molar-refractivity contribution in [2.45, 2.75) is 52.0 Å². The third-order valence-corrected chi connectivity index (χ3v) is 2.57. The molecule has 6 heteroatoms. The van der Waals surface area contributed by atoms with Crippen molar-refractivity contribution in [1.82, 2.24) is 4.98 Å². The Balaban J connectivity index is 3.08. The van der Waals surface area contributed by atoms with Crippen LogP contribution in [0.1, 0.15) is 39.0 Å². The van der Waals surface area contributed by atoms with E-state index in [4.69, 9.17) is 9.84 Å². The second kappa shape index (κ2) is 5.36. The van der Waals surface area contributed by atoms with Crippen LogP contribution in [-0.2, 0) is 12.0 Å². The highest BCUT2D eigenvalue weighted by Gasteiger charge is 2.38. The number of rotatable bonds is 3. The summed E-state index contributed by atoms with van der Waals surface area (Å²) >= 11 is 0. The third kappa shape index (κ3) is 4.38. The molecule has 0 aliphatic rings. The number of alkyl halides is 3. The molecule has 19 heavy (non-hydrogen) atoms. The van der Waals surface area contributed by atoms with Crippen molar-refractivity contribution in [3.8, 4) is 5.88 Å². The van der Waals surface area contributed by atoms with E-state index in [2.05, 4.69) is 4.98 Å². The van der Waals surface area contributed by atoms with Crippen molar-refractivity contribution >= 4 is 0 Å². The maximum absolute atomic E-state index is 12.4. The molecule has 1 rings (SSSR count). The average Bonchev–Trinajstić information content (AvgIpc) is 2.26. The van der Waals surface area contributed by atoms with Gasteiger partial charge in [-0.3, -0.25) is 0 Å². The largest absolute Gasteiger partial charge is 0.465 e. The number of hydrogen-bond acceptors (Lipinski definition) is 3. The minimum Gasteiger partial charge on any atom is -0.465 e. The lowest BCUT2D eigenvalue weighted by atomic mass is 9.91. The summed E-state index contributed by atoms with van der Waals surface area (Å²) in [6.07, 6.45) is -6.39. The van der Waals surface area contributed by atoms with Gasteiger partial charge in [0.1, 0.15) is 0 Å². The fourth-order valence-corrected chi connectivity index (χ4v) is 1.34.